The molecule has 2 amide bonds. The molecule has 224 valence electrons. The number of hydrogen-bond acceptors (Lipinski definition) is 4. The van der Waals surface area contributed by atoms with Crippen molar-refractivity contribution in [3.05, 3.63) is 92.9 Å². The van der Waals surface area contributed by atoms with Crippen molar-refractivity contribution in [1.82, 2.24) is 10.2 Å². The van der Waals surface area contributed by atoms with Gasteiger partial charge in [-0.05, 0) is 74.7 Å². The van der Waals surface area contributed by atoms with Crippen molar-refractivity contribution >= 4 is 62.3 Å². The fourth-order valence-corrected chi connectivity index (χ4v) is 6.90. The summed E-state index contributed by atoms with van der Waals surface area (Å²) in [7, 11) is -4.21. The molecule has 42 heavy (non-hydrogen) atoms. The molecule has 0 bridgehead atoms. The Labute approximate surface area is 262 Å². The molecule has 11 heteroatoms. The monoisotopic (exact) mass is 649 g/mol. The van der Waals surface area contributed by atoms with E-state index in [0.29, 0.717) is 10.6 Å². The maximum absolute atomic E-state index is 14.1. The molecule has 0 heterocycles. The second kappa shape index (κ2) is 14.1. The highest BCUT2D eigenvalue weighted by atomic mass is 35.5. The smallest absolute Gasteiger partial charge is 0.264 e. The van der Waals surface area contributed by atoms with E-state index in [1.807, 2.05) is 6.92 Å². The Balaban J connectivity index is 1.69. The Morgan fingerprint density at radius 3 is 2.26 bits per heavy atom. The van der Waals surface area contributed by atoms with E-state index < -0.39 is 28.5 Å². The van der Waals surface area contributed by atoms with Crippen LogP contribution in [-0.4, -0.2) is 43.8 Å². The maximum atomic E-state index is 14.1. The largest absolute Gasteiger partial charge is 0.352 e. The molecule has 1 fully saturated rings. The second-order valence-corrected chi connectivity index (χ2v) is 13.7. The van der Waals surface area contributed by atoms with Gasteiger partial charge < -0.3 is 10.2 Å². The number of carbonyl (C=O) groups is 2. The first-order chi connectivity index (χ1) is 20.0. The molecule has 0 radical (unpaired) electrons. The van der Waals surface area contributed by atoms with Crippen LogP contribution in [0.1, 0.15) is 50.2 Å². The normalized spacial score (nSPS) is 14.7. The number of hydrogen-bond donors (Lipinski definition) is 1. The minimum absolute atomic E-state index is 0.0106. The SMILES string of the molecule is Cc1ccc(S(=O)(=O)N(CC(=O)N(Cc2cccc(Cl)c2)[C@@H](C)C(=O)NC2CCCCC2)c2ccc(Cl)c(Cl)c2)cc1. The number of sulfonamides is 1. The van der Waals surface area contributed by atoms with Gasteiger partial charge in [-0.15, -0.1) is 0 Å². The van der Waals surface area contributed by atoms with Gasteiger partial charge in [-0.1, -0.05) is 83.9 Å². The van der Waals surface area contributed by atoms with E-state index in [2.05, 4.69) is 5.32 Å². The molecule has 1 aliphatic carbocycles. The highest BCUT2D eigenvalue weighted by Gasteiger charge is 2.33. The van der Waals surface area contributed by atoms with Gasteiger partial charge in [0.15, 0.2) is 0 Å². The highest BCUT2D eigenvalue weighted by Crippen LogP contribution is 2.31. The van der Waals surface area contributed by atoms with Crippen LogP contribution in [0.4, 0.5) is 5.69 Å². The first-order valence-electron chi connectivity index (χ1n) is 13.8. The van der Waals surface area contributed by atoms with Crippen molar-refractivity contribution < 1.29 is 18.0 Å². The Morgan fingerprint density at radius 2 is 1.62 bits per heavy atom. The quantitative estimate of drug-likeness (QED) is 0.256. The van der Waals surface area contributed by atoms with E-state index in [4.69, 9.17) is 34.8 Å². The van der Waals surface area contributed by atoms with Crippen molar-refractivity contribution in [3.63, 3.8) is 0 Å². The van der Waals surface area contributed by atoms with Crippen LogP contribution in [0, 0.1) is 6.92 Å². The summed E-state index contributed by atoms with van der Waals surface area (Å²) in [4.78, 5) is 28.9. The summed E-state index contributed by atoms with van der Waals surface area (Å²) in [5, 5.41) is 3.96. The van der Waals surface area contributed by atoms with Crippen molar-refractivity contribution in [3.8, 4) is 0 Å². The highest BCUT2D eigenvalue weighted by molar-refractivity contribution is 7.92. The van der Waals surface area contributed by atoms with Crippen LogP contribution in [0.3, 0.4) is 0 Å². The summed E-state index contributed by atoms with van der Waals surface area (Å²) >= 11 is 18.6. The average Bonchev–Trinajstić information content (AvgIpc) is 2.96. The molecule has 1 N–H and O–H groups in total. The van der Waals surface area contributed by atoms with Crippen molar-refractivity contribution in [2.24, 2.45) is 0 Å². The molecule has 1 aliphatic rings. The number of nitrogens with one attached hydrogen (secondary N) is 1. The van der Waals surface area contributed by atoms with Crippen molar-refractivity contribution in [2.75, 3.05) is 10.8 Å². The molecular formula is C31H34Cl3N3O4S. The van der Waals surface area contributed by atoms with Gasteiger partial charge >= 0.3 is 0 Å². The molecule has 0 aliphatic heterocycles. The summed E-state index contributed by atoms with van der Waals surface area (Å²) in [5.41, 5.74) is 1.76. The van der Waals surface area contributed by atoms with E-state index in [9.17, 15) is 18.0 Å². The van der Waals surface area contributed by atoms with E-state index in [0.717, 1.165) is 42.0 Å². The third kappa shape index (κ3) is 7.98. The Bertz CT molecular complexity index is 1530. The summed E-state index contributed by atoms with van der Waals surface area (Å²) in [6.07, 6.45) is 5.00. The Kier molecular flexibility index (Phi) is 10.8. The number of aryl methyl sites for hydroxylation is 1. The molecule has 1 saturated carbocycles. The minimum Gasteiger partial charge on any atom is -0.352 e. The van der Waals surface area contributed by atoms with Crippen LogP contribution in [0.15, 0.2) is 71.6 Å². The third-order valence-corrected chi connectivity index (χ3v) is 10.2. The number of halogens is 3. The summed E-state index contributed by atoms with van der Waals surface area (Å²) < 4.78 is 28.9. The lowest BCUT2D eigenvalue weighted by Gasteiger charge is -2.33. The van der Waals surface area contributed by atoms with E-state index in [-0.39, 0.29) is 39.1 Å². The minimum atomic E-state index is -4.21. The van der Waals surface area contributed by atoms with Gasteiger partial charge in [-0.25, -0.2) is 8.42 Å². The van der Waals surface area contributed by atoms with Gasteiger partial charge in [0, 0.05) is 17.6 Å². The summed E-state index contributed by atoms with van der Waals surface area (Å²) in [6, 6.07) is 16.9. The van der Waals surface area contributed by atoms with Gasteiger partial charge in [0.05, 0.1) is 20.6 Å². The predicted molar refractivity (Wildman–Crippen MR) is 169 cm³/mol. The van der Waals surface area contributed by atoms with Crippen molar-refractivity contribution in [1.29, 1.82) is 0 Å². The fourth-order valence-electron chi connectivity index (χ4n) is 4.99. The van der Waals surface area contributed by atoms with Crippen LogP contribution < -0.4 is 9.62 Å². The number of nitrogens with zero attached hydrogens (tertiary/aromatic N) is 2. The predicted octanol–water partition coefficient (Wildman–Crippen LogP) is 7.02. The Hall–Kier alpha value is -2.78. The molecule has 1 atom stereocenters. The lowest BCUT2D eigenvalue weighted by molar-refractivity contribution is -0.139. The fraction of sp³-hybridized carbons (Fsp3) is 0.355. The molecule has 3 aromatic carbocycles. The zero-order valence-electron chi connectivity index (χ0n) is 23.5. The van der Waals surface area contributed by atoms with Crippen LogP contribution in [0.2, 0.25) is 15.1 Å². The molecule has 7 nitrogen and oxygen atoms in total. The molecule has 4 rings (SSSR count). The lowest BCUT2D eigenvalue weighted by Crippen LogP contribution is -2.53. The molecule has 0 aromatic heterocycles. The standard InChI is InChI=1S/C31H34Cl3N3O4S/c1-21-11-14-27(15-12-21)42(40,41)37(26-13-16-28(33)29(34)18-26)20-30(38)36(19-23-7-6-8-24(32)17-23)22(2)31(39)35-25-9-4-3-5-10-25/h6-8,11-18,22,25H,3-5,9-10,19-20H2,1-2H3,(H,35,39)/t22-/m0/s1. The van der Waals surface area contributed by atoms with Gasteiger partial charge in [-0.3, -0.25) is 13.9 Å². The first kappa shape index (κ1) is 32.1. The van der Waals surface area contributed by atoms with E-state index in [1.165, 1.54) is 35.2 Å². The van der Waals surface area contributed by atoms with Gasteiger partial charge in [0.25, 0.3) is 10.0 Å². The lowest BCUT2D eigenvalue weighted by atomic mass is 9.95. The Morgan fingerprint density at radius 1 is 0.929 bits per heavy atom. The van der Waals surface area contributed by atoms with Gasteiger partial charge in [0.1, 0.15) is 12.6 Å². The number of anilines is 1. The number of amides is 2. The number of rotatable bonds is 10. The number of carbonyl (C=O) groups excluding carboxylic acids is 2. The first-order valence-corrected chi connectivity index (χ1v) is 16.4. The topological polar surface area (TPSA) is 86.8 Å². The van der Waals surface area contributed by atoms with Crippen LogP contribution in [0.25, 0.3) is 0 Å². The second-order valence-electron chi connectivity index (χ2n) is 10.6. The number of benzene rings is 3. The third-order valence-electron chi connectivity index (χ3n) is 7.44. The zero-order chi connectivity index (χ0) is 30.4. The van der Waals surface area contributed by atoms with Gasteiger partial charge in [0.2, 0.25) is 11.8 Å². The van der Waals surface area contributed by atoms with E-state index in [1.54, 1.807) is 43.3 Å². The van der Waals surface area contributed by atoms with Crippen LogP contribution in [0.5, 0.6) is 0 Å². The maximum Gasteiger partial charge on any atom is 0.264 e. The van der Waals surface area contributed by atoms with Crippen LogP contribution in [-0.2, 0) is 26.2 Å². The molecule has 0 saturated heterocycles. The van der Waals surface area contributed by atoms with E-state index >= 15 is 0 Å². The summed E-state index contributed by atoms with van der Waals surface area (Å²) in [6.45, 7) is 2.98. The van der Waals surface area contributed by atoms with Crippen LogP contribution >= 0.6 is 34.8 Å². The summed E-state index contributed by atoms with van der Waals surface area (Å²) in [5.74, 6) is -0.859. The molecule has 0 spiro atoms. The average molecular weight is 651 g/mol. The van der Waals surface area contributed by atoms with Gasteiger partial charge in [-0.2, -0.15) is 0 Å². The molecule has 0 unspecified atom stereocenters. The van der Waals surface area contributed by atoms with Crippen molar-refractivity contribution in [2.45, 2.75) is 69.5 Å². The molecular weight excluding hydrogens is 617 g/mol. The zero-order valence-corrected chi connectivity index (χ0v) is 26.6. The molecule has 3 aromatic rings.